The zero-order valence-corrected chi connectivity index (χ0v) is 10.2. The van der Waals surface area contributed by atoms with Crippen LogP contribution in [-0.4, -0.2) is 17.7 Å². The smallest absolute Gasteiger partial charge is 0.251 e. The van der Waals surface area contributed by atoms with E-state index in [-0.39, 0.29) is 12.7 Å². The van der Waals surface area contributed by atoms with Crippen molar-refractivity contribution in [2.75, 3.05) is 6.79 Å². The summed E-state index contributed by atoms with van der Waals surface area (Å²) < 4.78 is 10.4. The lowest BCUT2D eigenvalue weighted by Crippen LogP contribution is -2.22. The molecule has 0 spiro atoms. The molecule has 0 unspecified atom stereocenters. The van der Waals surface area contributed by atoms with E-state index in [1.807, 2.05) is 5.38 Å². The predicted octanol–water partition coefficient (Wildman–Crippen LogP) is 1.80. The zero-order chi connectivity index (χ0) is 12.4. The van der Waals surface area contributed by atoms with Gasteiger partial charge in [0.05, 0.1) is 6.54 Å². The van der Waals surface area contributed by atoms with Crippen molar-refractivity contribution in [3.05, 3.63) is 40.3 Å². The van der Waals surface area contributed by atoms with Gasteiger partial charge in [-0.15, -0.1) is 11.3 Å². The lowest BCUT2D eigenvalue weighted by molar-refractivity contribution is 0.0950. The first-order chi connectivity index (χ1) is 8.83. The van der Waals surface area contributed by atoms with Gasteiger partial charge in [-0.3, -0.25) is 4.79 Å². The Morgan fingerprint density at radius 2 is 2.28 bits per heavy atom. The first kappa shape index (κ1) is 11.0. The molecule has 1 aliphatic heterocycles. The third-order valence-corrected chi connectivity index (χ3v) is 3.30. The third kappa shape index (κ3) is 2.14. The first-order valence-corrected chi connectivity index (χ1v) is 6.27. The lowest BCUT2D eigenvalue weighted by Gasteiger charge is -2.04. The van der Waals surface area contributed by atoms with Gasteiger partial charge in [-0.1, -0.05) is 0 Å². The third-order valence-electron chi connectivity index (χ3n) is 2.52. The second-order valence-electron chi connectivity index (χ2n) is 3.68. The Kier molecular flexibility index (Phi) is 2.85. The van der Waals surface area contributed by atoms with Crippen molar-refractivity contribution in [1.29, 1.82) is 0 Å². The molecule has 0 fully saturated rings. The van der Waals surface area contributed by atoms with Crippen molar-refractivity contribution in [3.63, 3.8) is 0 Å². The van der Waals surface area contributed by atoms with Crippen LogP contribution in [0.15, 0.2) is 29.8 Å². The second kappa shape index (κ2) is 4.66. The number of hydrogen-bond acceptors (Lipinski definition) is 5. The number of aromatic nitrogens is 1. The predicted molar refractivity (Wildman–Crippen MR) is 65.8 cm³/mol. The number of benzene rings is 1. The summed E-state index contributed by atoms with van der Waals surface area (Å²) >= 11 is 1.51. The minimum atomic E-state index is -0.150. The number of nitrogens with one attached hydrogen (secondary N) is 1. The van der Waals surface area contributed by atoms with Crippen LogP contribution in [0.2, 0.25) is 0 Å². The van der Waals surface area contributed by atoms with Gasteiger partial charge in [-0.25, -0.2) is 4.98 Å². The van der Waals surface area contributed by atoms with E-state index in [0.717, 1.165) is 5.01 Å². The highest BCUT2D eigenvalue weighted by molar-refractivity contribution is 7.09. The molecule has 1 aromatic heterocycles. The largest absolute Gasteiger partial charge is 0.454 e. The van der Waals surface area contributed by atoms with Crippen LogP contribution < -0.4 is 14.8 Å². The molecule has 2 aromatic rings. The topological polar surface area (TPSA) is 60.5 Å². The second-order valence-corrected chi connectivity index (χ2v) is 4.66. The monoisotopic (exact) mass is 262 g/mol. The molecule has 0 aliphatic carbocycles. The Labute approximate surface area is 107 Å². The lowest BCUT2D eigenvalue weighted by atomic mass is 10.2. The summed E-state index contributed by atoms with van der Waals surface area (Å²) in [6.07, 6.45) is 1.72. The van der Waals surface area contributed by atoms with E-state index in [2.05, 4.69) is 10.3 Å². The van der Waals surface area contributed by atoms with E-state index < -0.39 is 0 Å². The molecule has 0 atom stereocenters. The Morgan fingerprint density at radius 3 is 3.11 bits per heavy atom. The molecular formula is C12H10N2O3S. The van der Waals surface area contributed by atoms with Gasteiger partial charge in [0, 0.05) is 17.1 Å². The number of thiazole rings is 1. The van der Waals surface area contributed by atoms with Crippen LogP contribution in [0.5, 0.6) is 11.5 Å². The number of carbonyl (C=O) groups is 1. The molecule has 1 aliphatic rings. The van der Waals surface area contributed by atoms with Crippen LogP contribution in [0.1, 0.15) is 15.4 Å². The summed E-state index contributed by atoms with van der Waals surface area (Å²) in [5.41, 5.74) is 0.552. The zero-order valence-electron chi connectivity index (χ0n) is 9.38. The van der Waals surface area contributed by atoms with Gasteiger partial charge >= 0.3 is 0 Å². The van der Waals surface area contributed by atoms with Gasteiger partial charge in [0.25, 0.3) is 5.91 Å². The van der Waals surface area contributed by atoms with Gasteiger partial charge in [0.1, 0.15) is 5.01 Å². The van der Waals surface area contributed by atoms with E-state index in [1.54, 1.807) is 24.4 Å². The fourth-order valence-corrected chi connectivity index (χ4v) is 2.19. The van der Waals surface area contributed by atoms with Crippen molar-refractivity contribution in [1.82, 2.24) is 10.3 Å². The van der Waals surface area contributed by atoms with Gasteiger partial charge in [-0.05, 0) is 18.2 Å². The maximum atomic E-state index is 11.9. The highest BCUT2D eigenvalue weighted by atomic mass is 32.1. The molecular weight excluding hydrogens is 252 g/mol. The summed E-state index contributed by atoms with van der Waals surface area (Å²) in [7, 11) is 0. The minimum Gasteiger partial charge on any atom is -0.454 e. The standard InChI is InChI=1S/C12H10N2O3S/c15-12(14-6-11-13-3-4-18-11)8-1-2-9-10(5-8)17-7-16-9/h1-5H,6-7H2,(H,14,15). The number of nitrogens with zero attached hydrogens (tertiary/aromatic N) is 1. The molecule has 0 saturated carbocycles. The van der Waals surface area contributed by atoms with Crippen LogP contribution in [-0.2, 0) is 6.54 Å². The van der Waals surface area contributed by atoms with Crippen LogP contribution >= 0.6 is 11.3 Å². The van der Waals surface area contributed by atoms with Crippen LogP contribution in [0.3, 0.4) is 0 Å². The Bertz CT molecular complexity index is 569. The van der Waals surface area contributed by atoms with E-state index in [1.165, 1.54) is 11.3 Å². The van der Waals surface area contributed by atoms with E-state index >= 15 is 0 Å². The van der Waals surface area contributed by atoms with E-state index in [4.69, 9.17) is 9.47 Å². The van der Waals surface area contributed by atoms with E-state index in [0.29, 0.717) is 23.6 Å². The Balaban J connectivity index is 1.69. The molecule has 3 rings (SSSR count). The van der Waals surface area contributed by atoms with Crippen molar-refractivity contribution in [3.8, 4) is 11.5 Å². The van der Waals surface area contributed by atoms with Crippen molar-refractivity contribution >= 4 is 17.2 Å². The molecule has 6 heteroatoms. The average molecular weight is 262 g/mol. The van der Waals surface area contributed by atoms with Crippen LogP contribution in [0.4, 0.5) is 0 Å². The fraction of sp³-hybridized carbons (Fsp3) is 0.167. The Morgan fingerprint density at radius 1 is 1.39 bits per heavy atom. The molecule has 1 amide bonds. The highest BCUT2D eigenvalue weighted by Gasteiger charge is 2.16. The molecule has 0 saturated heterocycles. The van der Waals surface area contributed by atoms with Crippen LogP contribution in [0, 0.1) is 0 Å². The Hall–Kier alpha value is -2.08. The number of amides is 1. The summed E-state index contributed by atoms with van der Waals surface area (Å²) in [4.78, 5) is 16.0. The first-order valence-electron chi connectivity index (χ1n) is 5.39. The van der Waals surface area contributed by atoms with Crippen LogP contribution in [0.25, 0.3) is 0 Å². The number of fused-ring (bicyclic) bond motifs is 1. The molecule has 1 N–H and O–H groups in total. The quantitative estimate of drug-likeness (QED) is 0.916. The SMILES string of the molecule is O=C(NCc1nccs1)c1ccc2c(c1)OCO2. The minimum absolute atomic E-state index is 0.150. The van der Waals surface area contributed by atoms with Gasteiger partial charge in [0.15, 0.2) is 11.5 Å². The number of ether oxygens (including phenoxy) is 2. The van der Waals surface area contributed by atoms with Gasteiger partial charge in [0.2, 0.25) is 6.79 Å². The number of hydrogen-bond donors (Lipinski definition) is 1. The van der Waals surface area contributed by atoms with E-state index in [9.17, 15) is 4.79 Å². The molecule has 0 radical (unpaired) electrons. The molecule has 2 heterocycles. The molecule has 1 aromatic carbocycles. The number of rotatable bonds is 3. The van der Waals surface area contributed by atoms with Crippen molar-refractivity contribution in [2.24, 2.45) is 0 Å². The van der Waals surface area contributed by atoms with Crippen molar-refractivity contribution in [2.45, 2.75) is 6.54 Å². The highest BCUT2D eigenvalue weighted by Crippen LogP contribution is 2.32. The molecule has 18 heavy (non-hydrogen) atoms. The summed E-state index contributed by atoms with van der Waals surface area (Å²) in [5, 5.41) is 5.56. The van der Waals surface area contributed by atoms with Gasteiger partial charge < -0.3 is 14.8 Å². The molecule has 92 valence electrons. The van der Waals surface area contributed by atoms with Crippen molar-refractivity contribution < 1.29 is 14.3 Å². The maximum absolute atomic E-state index is 11.9. The summed E-state index contributed by atoms with van der Waals surface area (Å²) in [6, 6.07) is 5.13. The normalized spacial score (nSPS) is 12.4. The maximum Gasteiger partial charge on any atom is 0.251 e. The summed E-state index contributed by atoms with van der Waals surface area (Å²) in [6.45, 7) is 0.643. The molecule has 5 nitrogen and oxygen atoms in total. The summed E-state index contributed by atoms with van der Waals surface area (Å²) in [5.74, 6) is 1.13. The number of carbonyl (C=O) groups excluding carboxylic acids is 1. The van der Waals surface area contributed by atoms with Gasteiger partial charge in [-0.2, -0.15) is 0 Å². The average Bonchev–Trinajstić information content (AvgIpc) is 3.05. The molecule has 0 bridgehead atoms. The fourth-order valence-electron chi connectivity index (χ4n) is 1.64.